The van der Waals surface area contributed by atoms with Crippen molar-refractivity contribution in [1.82, 2.24) is 0 Å². The molecule has 3 aliphatic carbocycles. The summed E-state index contributed by atoms with van der Waals surface area (Å²) in [6, 6.07) is 0. The van der Waals surface area contributed by atoms with Crippen LogP contribution in [0.15, 0.2) is 11.6 Å². The van der Waals surface area contributed by atoms with Gasteiger partial charge in [0, 0.05) is 24.2 Å². The Morgan fingerprint density at radius 3 is 2.50 bits per heavy atom. The summed E-state index contributed by atoms with van der Waals surface area (Å²) in [7, 11) is 0. The molecule has 11 atom stereocenters. The molecule has 0 radical (unpaired) electrons. The molecule has 5 rings (SSSR count). The van der Waals surface area contributed by atoms with E-state index in [1.54, 1.807) is 13.8 Å². The highest BCUT2D eigenvalue weighted by atomic mass is 16.7. The first-order valence-electron chi connectivity index (χ1n) is 10.8. The quantitative estimate of drug-likeness (QED) is 0.357. The first-order valence-corrected chi connectivity index (χ1v) is 10.8. The smallest absolute Gasteiger partial charge is 0.338 e. The molecule has 2 saturated carbocycles. The molecule has 176 valence electrons. The number of esters is 2. The molecule has 32 heavy (non-hydrogen) atoms. The Hall–Kier alpha value is -1.85. The lowest BCUT2D eigenvalue weighted by Crippen LogP contribution is -2.84. The minimum atomic E-state index is -2.22. The van der Waals surface area contributed by atoms with Gasteiger partial charge in [-0.15, -0.1) is 0 Å². The van der Waals surface area contributed by atoms with Crippen LogP contribution in [-0.4, -0.2) is 80.6 Å². The Kier molecular flexibility index (Phi) is 4.24. The van der Waals surface area contributed by atoms with Crippen LogP contribution in [0.1, 0.15) is 34.1 Å². The fourth-order valence-corrected chi connectivity index (χ4v) is 7.94. The number of carbonyl (C=O) groups is 3. The van der Waals surface area contributed by atoms with Crippen LogP contribution in [0.5, 0.6) is 0 Å². The zero-order valence-corrected chi connectivity index (χ0v) is 18.3. The maximum Gasteiger partial charge on any atom is 0.338 e. The molecule has 0 aromatic heterocycles. The lowest BCUT2D eigenvalue weighted by molar-refractivity contribution is -0.375. The molecule has 1 spiro atoms. The molecule has 2 aliphatic heterocycles. The minimum absolute atomic E-state index is 0.158. The van der Waals surface area contributed by atoms with E-state index in [2.05, 4.69) is 0 Å². The van der Waals surface area contributed by atoms with E-state index in [1.165, 1.54) is 13.0 Å². The molecule has 0 aromatic carbocycles. The highest BCUT2D eigenvalue weighted by Crippen LogP contribution is 2.74. The first-order chi connectivity index (χ1) is 14.8. The molecular formula is C22H28O10. The molecule has 4 fully saturated rings. The normalized spacial score (nSPS) is 56.0. The van der Waals surface area contributed by atoms with Crippen molar-refractivity contribution in [2.45, 2.75) is 69.9 Å². The summed E-state index contributed by atoms with van der Waals surface area (Å²) in [6.07, 6.45) is -4.51. The highest BCUT2D eigenvalue weighted by Gasteiger charge is 2.88. The fourth-order valence-electron chi connectivity index (χ4n) is 7.94. The van der Waals surface area contributed by atoms with E-state index in [9.17, 15) is 34.8 Å². The maximum absolute atomic E-state index is 12.7. The van der Waals surface area contributed by atoms with Crippen molar-refractivity contribution >= 4 is 17.7 Å². The van der Waals surface area contributed by atoms with E-state index in [0.29, 0.717) is 5.57 Å². The lowest BCUT2D eigenvalue weighted by atomic mass is 9.36. The van der Waals surface area contributed by atoms with Crippen molar-refractivity contribution in [3.05, 3.63) is 11.6 Å². The van der Waals surface area contributed by atoms with Gasteiger partial charge < -0.3 is 34.6 Å². The van der Waals surface area contributed by atoms with Gasteiger partial charge in [0.1, 0.15) is 17.8 Å². The fraction of sp³-hybridized carbons (Fsp3) is 0.773. The summed E-state index contributed by atoms with van der Waals surface area (Å²) in [6.45, 7) is 5.61. The number of aliphatic hydroxyl groups is 4. The second-order valence-electron chi connectivity index (χ2n) is 10.3. The summed E-state index contributed by atoms with van der Waals surface area (Å²) >= 11 is 0. The number of carbonyl (C=O) groups excluding carboxylic acids is 3. The Bertz CT molecular complexity index is 960. The van der Waals surface area contributed by atoms with Crippen molar-refractivity contribution in [3.8, 4) is 0 Å². The Balaban J connectivity index is 1.83. The van der Waals surface area contributed by atoms with E-state index in [1.807, 2.05) is 0 Å². The predicted molar refractivity (Wildman–Crippen MR) is 103 cm³/mol. The van der Waals surface area contributed by atoms with Crippen LogP contribution in [0.4, 0.5) is 0 Å². The van der Waals surface area contributed by atoms with E-state index in [-0.39, 0.29) is 13.0 Å². The van der Waals surface area contributed by atoms with Crippen LogP contribution in [0, 0.1) is 28.6 Å². The first kappa shape index (κ1) is 22.0. The molecule has 0 aromatic rings. The monoisotopic (exact) mass is 452 g/mol. The summed E-state index contributed by atoms with van der Waals surface area (Å²) in [5.74, 6) is -7.39. The molecule has 2 heterocycles. The Labute approximate surface area is 184 Å². The predicted octanol–water partition coefficient (Wildman–Crippen LogP) is -1.18. The van der Waals surface area contributed by atoms with Gasteiger partial charge in [-0.05, 0) is 25.3 Å². The highest BCUT2D eigenvalue weighted by molar-refractivity contribution is 5.96. The van der Waals surface area contributed by atoms with Crippen LogP contribution in [0.2, 0.25) is 0 Å². The van der Waals surface area contributed by atoms with Gasteiger partial charge in [0.05, 0.1) is 12.0 Å². The second kappa shape index (κ2) is 6.18. The SMILES string of the molecule is CC(=O)OC1C(C)C2(O)C(O)C(=O)OC3CC4C(C)=CC(=O)C(O)C4(C)C4C1(O)OCC342. The van der Waals surface area contributed by atoms with Gasteiger partial charge in [-0.25, -0.2) is 4.79 Å². The molecule has 10 nitrogen and oxygen atoms in total. The zero-order chi connectivity index (χ0) is 23.6. The van der Waals surface area contributed by atoms with Gasteiger partial charge in [0.15, 0.2) is 18.0 Å². The molecule has 4 N–H and O–H groups in total. The van der Waals surface area contributed by atoms with E-state index < -0.39 is 82.1 Å². The van der Waals surface area contributed by atoms with E-state index >= 15 is 0 Å². The summed E-state index contributed by atoms with van der Waals surface area (Å²) < 4.78 is 16.9. The van der Waals surface area contributed by atoms with Crippen molar-refractivity contribution in [2.24, 2.45) is 28.6 Å². The summed E-state index contributed by atoms with van der Waals surface area (Å²) in [4.78, 5) is 37.3. The number of hydrogen-bond donors (Lipinski definition) is 4. The topological polar surface area (TPSA) is 160 Å². The molecule has 2 saturated heterocycles. The minimum Gasteiger partial charge on any atom is -0.460 e. The molecule has 2 bridgehead atoms. The molecule has 11 unspecified atom stereocenters. The van der Waals surface area contributed by atoms with Crippen molar-refractivity contribution in [3.63, 3.8) is 0 Å². The van der Waals surface area contributed by atoms with Crippen molar-refractivity contribution in [1.29, 1.82) is 0 Å². The number of fused-ring (bicyclic) bond motifs is 1. The molecule has 0 amide bonds. The van der Waals surface area contributed by atoms with Crippen molar-refractivity contribution in [2.75, 3.05) is 6.61 Å². The van der Waals surface area contributed by atoms with Crippen LogP contribution in [0.25, 0.3) is 0 Å². The lowest BCUT2D eigenvalue weighted by Gasteiger charge is -2.70. The van der Waals surface area contributed by atoms with Gasteiger partial charge in [-0.1, -0.05) is 19.4 Å². The number of hydrogen-bond acceptors (Lipinski definition) is 10. The zero-order valence-electron chi connectivity index (χ0n) is 18.3. The van der Waals surface area contributed by atoms with Crippen LogP contribution in [-0.2, 0) is 28.6 Å². The third-order valence-electron chi connectivity index (χ3n) is 9.14. The van der Waals surface area contributed by atoms with Gasteiger partial charge >= 0.3 is 11.9 Å². The number of rotatable bonds is 1. The van der Waals surface area contributed by atoms with Crippen LogP contribution >= 0.6 is 0 Å². The second-order valence-corrected chi connectivity index (χ2v) is 10.3. The van der Waals surface area contributed by atoms with Gasteiger partial charge in [0.25, 0.3) is 0 Å². The number of ketones is 1. The van der Waals surface area contributed by atoms with E-state index in [4.69, 9.17) is 14.2 Å². The largest absolute Gasteiger partial charge is 0.460 e. The third kappa shape index (κ3) is 2.07. The summed E-state index contributed by atoms with van der Waals surface area (Å²) in [5.41, 5.74) is -4.50. The number of aliphatic hydroxyl groups excluding tert-OH is 2. The van der Waals surface area contributed by atoms with Gasteiger partial charge in [-0.3, -0.25) is 9.59 Å². The van der Waals surface area contributed by atoms with Crippen LogP contribution in [0.3, 0.4) is 0 Å². The van der Waals surface area contributed by atoms with E-state index in [0.717, 1.165) is 6.92 Å². The number of ether oxygens (including phenoxy) is 3. The average Bonchev–Trinajstić information content (AvgIpc) is 3.02. The van der Waals surface area contributed by atoms with Gasteiger partial charge in [-0.2, -0.15) is 0 Å². The average molecular weight is 452 g/mol. The van der Waals surface area contributed by atoms with Crippen molar-refractivity contribution < 1.29 is 49.0 Å². The maximum atomic E-state index is 12.7. The molecular weight excluding hydrogens is 424 g/mol. The number of allylic oxidation sites excluding steroid dienone is 1. The van der Waals surface area contributed by atoms with Gasteiger partial charge in [0.2, 0.25) is 5.79 Å². The molecule has 10 heteroatoms. The third-order valence-corrected chi connectivity index (χ3v) is 9.14. The van der Waals surface area contributed by atoms with Crippen LogP contribution < -0.4 is 0 Å². The standard InChI is InChI=1S/C22H28O10/c1-8-5-12(24)14(25)19(4)11(8)6-13-20-7-30-22(29,18(19)20)16(31-10(3)23)9(2)21(20,28)15(26)17(27)32-13/h5,9,11,13-16,18,25-26,28-29H,6-7H2,1-4H3. The summed E-state index contributed by atoms with van der Waals surface area (Å²) in [5, 5.41) is 46.1. The Morgan fingerprint density at radius 1 is 1.22 bits per heavy atom. The molecule has 5 aliphatic rings. The Morgan fingerprint density at radius 2 is 1.88 bits per heavy atom.